The van der Waals surface area contributed by atoms with E-state index in [1.54, 1.807) is 0 Å². The van der Waals surface area contributed by atoms with Crippen molar-refractivity contribution < 1.29 is 25.8 Å². The summed E-state index contributed by atoms with van der Waals surface area (Å²) in [6.07, 6.45) is 2.24. The predicted molar refractivity (Wildman–Crippen MR) is 86.2 cm³/mol. The summed E-state index contributed by atoms with van der Waals surface area (Å²) in [4.78, 5) is 0. The van der Waals surface area contributed by atoms with Crippen LogP contribution in [0.25, 0.3) is 10.8 Å². The minimum atomic E-state index is 0. The van der Waals surface area contributed by atoms with Crippen LogP contribution in [0.5, 0.6) is 0 Å². The molecule has 3 aromatic carbocycles. The Morgan fingerprint density at radius 2 is 1.40 bits per heavy atom. The number of benzene rings is 2. The third-order valence-corrected chi connectivity index (χ3v) is 3.30. The Hall–Kier alpha value is -1.08. The van der Waals surface area contributed by atoms with Gasteiger partial charge in [-0.1, -0.05) is 42.8 Å². The van der Waals surface area contributed by atoms with Crippen LogP contribution in [0.1, 0.15) is 11.1 Å². The molecule has 3 rings (SSSR count). The fourth-order valence-corrected chi connectivity index (χ4v) is 2.36. The van der Waals surface area contributed by atoms with E-state index in [4.69, 9.17) is 0 Å². The fourth-order valence-electron chi connectivity index (χ4n) is 2.36. The summed E-state index contributed by atoms with van der Waals surface area (Å²) in [5.74, 6) is 0. The van der Waals surface area contributed by atoms with Gasteiger partial charge >= 0.3 is 0 Å². The third kappa shape index (κ3) is 4.21. The monoisotopic (exact) mass is 429 g/mol. The summed E-state index contributed by atoms with van der Waals surface area (Å²) in [5.41, 5.74) is 2.88. The SMILES string of the molecule is [CH3-].[CH3-].[Hf].c1ccc(CC[c-]2ccc3ccccc32)cc1. The van der Waals surface area contributed by atoms with E-state index in [0.29, 0.717) is 0 Å². The normalized spacial score (nSPS) is 9.20. The molecule has 0 bridgehead atoms. The molecule has 0 unspecified atom stereocenters. The first-order valence-electron chi connectivity index (χ1n) is 6.11. The fraction of sp³-hybridized carbons (Fsp3) is 0.105. The average Bonchev–Trinajstić information content (AvgIpc) is 2.81. The van der Waals surface area contributed by atoms with Crippen molar-refractivity contribution in [2.75, 3.05) is 0 Å². The maximum Gasteiger partial charge on any atom is 0 e. The van der Waals surface area contributed by atoms with E-state index in [0.717, 1.165) is 12.8 Å². The number of rotatable bonds is 3. The zero-order chi connectivity index (χ0) is 11.5. The van der Waals surface area contributed by atoms with E-state index >= 15 is 0 Å². The number of hydrogen-bond acceptors (Lipinski definition) is 0. The first kappa shape index (κ1) is 18.9. The van der Waals surface area contributed by atoms with Gasteiger partial charge in [0.25, 0.3) is 0 Å². The van der Waals surface area contributed by atoms with E-state index in [-0.39, 0.29) is 40.7 Å². The third-order valence-electron chi connectivity index (χ3n) is 3.30. The van der Waals surface area contributed by atoms with Gasteiger partial charge in [-0.2, -0.15) is 6.07 Å². The summed E-state index contributed by atoms with van der Waals surface area (Å²) >= 11 is 0. The second-order valence-corrected chi connectivity index (χ2v) is 4.43. The molecular formula is C19H21Hf-3. The van der Waals surface area contributed by atoms with Crippen LogP contribution in [0.2, 0.25) is 0 Å². The molecule has 0 aliphatic rings. The van der Waals surface area contributed by atoms with E-state index in [1.807, 2.05) is 0 Å². The van der Waals surface area contributed by atoms with Crippen molar-refractivity contribution in [2.45, 2.75) is 12.8 Å². The van der Waals surface area contributed by atoms with Gasteiger partial charge in [0.2, 0.25) is 0 Å². The quantitative estimate of drug-likeness (QED) is 0.396. The molecule has 104 valence electrons. The van der Waals surface area contributed by atoms with Gasteiger partial charge < -0.3 is 14.9 Å². The Kier molecular flexibility index (Phi) is 8.48. The van der Waals surface area contributed by atoms with Crippen molar-refractivity contribution in [1.82, 2.24) is 0 Å². The van der Waals surface area contributed by atoms with E-state index in [9.17, 15) is 0 Å². The standard InChI is InChI=1S/C17H15.2CH3.Hf/c1-2-6-14(7-3-1)10-11-16-13-12-15-8-4-5-9-17(15)16;;;/h1-9,12-13H,10-11H2;2*1H3;/q3*-1;. The molecule has 3 aromatic rings. The molecule has 0 amide bonds. The summed E-state index contributed by atoms with van der Waals surface area (Å²) < 4.78 is 0. The summed E-state index contributed by atoms with van der Waals surface area (Å²) in [5, 5.41) is 2.76. The Labute approximate surface area is 142 Å². The van der Waals surface area contributed by atoms with E-state index in [1.165, 1.54) is 21.9 Å². The molecule has 0 spiro atoms. The first-order chi connectivity index (χ1) is 8.43. The Morgan fingerprint density at radius 1 is 0.750 bits per heavy atom. The molecule has 0 heterocycles. The Bertz CT molecular complexity index is 608. The van der Waals surface area contributed by atoms with Crippen LogP contribution < -0.4 is 0 Å². The zero-order valence-electron chi connectivity index (χ0n) is 12.3. The van der Waals surface area contributed by atoms with Crippen LogP contribution >= 0.6 is 0 Å². The second kappa shape index (κ2) is 8.97. The Morgan fingerprint density at radius 3 is 2.15 bits per heavy atom. The van der Waals surface area contributed by atoms with Crippen molar-refractivity contribution in [2.24, 2.45) is 0 Å². The van der Waals surface area contributed by atoms with Gasteiger partial charge in [-0.25, -0.2) is 0 Å². The molecule has 0 atom stereocenters. The van der Waals surface area contributed by atoms with Crippen molar-refractivity contribution in [3.63, 3.8) is 0 Å². The van der Waals surface area contributed by atoms with E-state index in [2.05, 4.69) is 66.7 Å². The predicted octanol–water partition coefficient (Wildman–Crippen LogP) is 5.24. The molecule has 0 radical (unpaired) electrons. The largest absolute Gasteiger partial charge is 0.358 e. The molecular weight excluding hydrogens is 407 g/mol. The van der Waals surface area contributed by atoms with Crippen molar-refractivity contribution in [1.29, 1.82) is 0 Å². The maximum absolute atomic E-state index is 2.26. The summed E-state index contributed by atoms with van der Waals surface area (Å²) in [6.45, 7) is 0. The Balaban J connectivity index is 0.00000120. The van der Waals surface area contributed by atoms with Gasteiger partial charge in [-0.15, -0.1) is 40.6 Å². The van der Waals surface area contributed by atoms with Crippen LogP contribution in [0.4, 0.5) is 0 Å². The smallest absolute Gasteiger partial charge is 0 e. The molecule has 0 saturated heterocycles. The van der Waals surface area contributed by atoms with Gasteiger partial charge in [0.05, 0.1) is 0 Å². The topological polar surface area (TPSA) is 0 Å². The minimum absolute atomic E-state index is 0. The van der Waals surface area contributed by atoms with Gasteiger partial charge in [0.15, 0.2) is 0 Å². The number of hydrogen-bond donors (Lipinski definition) is 0. The first-order valence-corrected chi connectivity index (χ1v) is 6.11. The van der Waals surface area contributed by atoms with Crippen molar-refractivity contribution in [3.8, 4) is 0 Å². The van der Waals surface area contributed by atoms with Crippen molar-refractivity contribution >= 4 is 10.8 Å². The molecule has 0 aromatic heterocycles. The van der Waals surface area contributed by atoms with Gasteiger partial charge in [-0.05, 0) is 12.0 Å². The molecule has 1 heteroatoms. The summed E-state index contributed by atoms with van der Waals surface area (Å²) in [7, 11) is 0. The van der Waals surface area contributed by atoms with Crippen LogP contribution in [0.15, 0.2) is 66.7 Å². The van der Waals surface area contributed by atoms with Crippen molar-refractivity contribution in [3.05, 3.63) is 92.7 Å². The molecule has 0 aliphatic carbocycles. The maximum atomic E-state index is 2.26. The molecule has 0 N–H and O–H groups in total. The summed E-state index contributed by atoms with van der Waals surface area (Å²) in [6, 6.07) is 23.8. The van der Waals surface area contributed by atoms with Crippen LogP contribution in [0, 0.1) is 14.9 Å². The second-order valence-electron chi connectivity index (χ2n) is 4.43. The molecule has 0 saturated carbocycles. The van der Waals surface area contributed by atoms with Crippen LogP contribution in [-0.2, 0) is 38.7 Å². The molecule has 0 nitrogen and oxygen atoms in total. The minimum Gasteiger partial charge on any atom is -0.358 e. The number of fused-ring (bicyclic) bond motifs is 1. The molecule has 0 fully saturated rings. The average molecular weight is 428 g/mol. The number of aryl methyl sites for hydroxylation is 2. The van der Waals surface area contributed by atoms with Gasteiger partial charge in [0.1, 0.15) is 0 Å². The van der Waals surface area contributed by atoms with Gasteiger partial charge in [0, 0.05) is 25.8 Å². The van der Waals surface area contributed by atoms with Crippen LogP contribution in [-0.4, -0.2) is 0 Å². The van der Waals surface area contributed by atoms with E-state index < -0.39 is 0 Å². The molecule has 0 aliphatic heterocycles. The molecule has 20 heavy (non-hydrogen) atoms. The zero-order valence-corrected chi connectivity index (χ0v) is 15.9. The van der Waals surface area contributed by atoms with Crippen LogP contribution in [0.3, 0.4) is 0 Å². The van der Waals surface area contributed by atoms with Gasteiger partial charge in [-0.3, -0.25) is 0 Å².